The monoisotopic (exact) mass is 250 g/mol. The van der Waals surface area contributed by atoms with Crippen molar-refractivity contribution in [1.82, 2.24) is 0 Å². The van der Waals surface area contributed by atoms with Gasteiger partial charge >= 0.3 is 0 Å². The molecular weight excluding hydrogens is 244 g/mol. The zero-order valence-electron chi connectivity index (χ0n) is 7.22. The van der Waals surface area contributed by atoms with Crippen molar-refractivity contribution < 1.29 is 4.79 Å². The van der Waals surface area contributed by atoms with Crippen LogP contribution in [0.1, 0.15) is 5.56 Å². The van der Waals surface area contributed by atoms with Crippen LogP contribution in [0, 0.1) is 0 Å². The third-order valence-corrected chi connectivity index (χ3v) is 2.73. The van der Waals surface area contributed by atoms with E-state index in [-0.39, 0.29) is 5.91 Å². The lowest BCUT2D eigenvalue weighted by atomic mass is 10.1. The van der Waals surface area contributed by atoms with Gasteiger partial charge in [0, 0.05) is 0 Å². The molecule has 0 saturated carbocycles. The van der Waals surface area contributed by atoms with Gasteiger partial charge in [0.05, 0.1) is 5.71 Å². The molecule has 4 heteroatoms. The van der Waals surface area contributed by atoms with Crippen molar-refractivity contribution in [2.75, 3.05) is 0 Å². The molecule has 1 amide bonds. The molecule has 1 aromatic rings. The molecule has 0 radical (unpaired) electrons. The second kappa shape index (κ2) is 3.84. The first kappa shape index (κ1) is 9.27. The Bertz CT molecular complexity index is 411. The summed E-state index contributed by atoms with van der Waals surface area (Å²) in [5, 5.41) is 0. The number of aliphatic imine (C=N–C) groups is 2. The minimum absolute atomic E-state index is 0.209. The van der Waals surface area contributed by atoms with Gasteiger partial charge in [-0.05, 0) is 5.56 Å². The zero-order valence-corrected chi connectivity index (χ0v) is 8.81. The summed E-state index contributed by atoms with van der Waals surface area (Å²) in [6, 6.07) is 9.58. The molecule has 1 aliphatic heterocycles. The summed E-state index contributed by atoms with van der Waals surface area (Å²) in [4.78, 5) is 18.5. The van der Waals surface area contributed by atoms with Crippen molar-refractivity contribution in [3.05, 3.63) is 35.9 Å². The predicted octanol–water partition coefficient (Wildman–Crippen LogP) is 1.81. The van der Waals surface area contributed by atoms with E-state index in [2.05, 4.69) is 25.9 Å². The van der Waals surface area contributed by atoms with Gasteiger partial charge in [-0.15, -0.1) is 0 Å². The van der Waals surface area contributed by atoms with E-state index in [1.165, 1.54) is 6.34 Å². The summed E-state index contributed by atoms with van der Waals surface area (Å²) in [6.45, 7) is 0. The fourth-order valence-electron chi connectivity index (χ4n) is 1.23. The van der Waals surface area contributed by atoms with Crippen molar-refractivity contribution in [1.29, 1.82) is 0 Å². The highest BCUT2D eigenvalue weighted by Gasteiger charge is 2.23. The van der Waals surface area contributed by atoms with Gasteiger partial charge in [0.25, 0.3) is 5.91 Å². The molecular formula is C10H7BrN2O. The van der Waals surface area contributed by atoms with Crippen LogP contribution in [-0.2, 0) is 4.79 Å². The van der Waals surface area contributed by atoms with E-state index in [4.69, 9.17) is 0 Å². The van der Waals surface area contributed by atoms with E-state index in [1.807, 2.05) is 30.3 Å². The van der Waals surface area contributed by atoms with E-state index in [0.29, 0.717) is 5.71 Å². The Hall–Kier alpha value is -1.29. The summed E-state index contributed by atoms with van der Waals surface area (Å²) < 4.78 is 0. The Morgan fingerprint density at radius 3 is 2.64 bits per heavy atom. The van der Waals surface area contributed by atoms with E-state index < -0.39 is 4.83 Å². The van der Waals surface area contributed by atoms with Gasteiger partial charge in [-0.1, -0.05) is 46.3 Å². The van der Waals surface area contributed by atoms with Gasteiger partial charge in [-0.3, -0.25) is 4.79 Å². The van der Waals surface area contributed by atoms with Crippen LogP contribution in [0.3, 0.4) is 0 Å². The fourth-order valence-corrected chi connectivity index (χ4v) is 1.73. The molecule has 1 heterocycles. The summed E-state index contributed by atoms with van der Waals surface area (Å²) in [6.07, 6.45) is 1.29. The molecule has 1 unspecified atom stereocenters. The largest absolute Gasteiger partial charge is 0.271 e. The molecule has 0 aliphatic carbocycles. The molecule has 2 rings (SSSR count). The maximum atomic E-state index is 11.3. The highest BCUT2D eigenvalue weighted by molar-refractivity contribution is 9.10. The minimum Gasteiger partial charge on any atom is -0.271 e. The topological polar surface area (TPSA) is 41.8 Å². The van der Waals surface area contributed by atoms with Crippen LogP contribution in [0.15, 0.2) is 40.3 Å². The van der Waals surface area contributed by atoms with E-state index in [1.54, 1.807) is 0 Å². The maximum absolute atomic E-state index is 11.3. The van der Waals surface area contributed by atoms with Gasteiger partial charge < -0.3 is 0 Å². The molecule has 14 heavy (non-hydrogen) atoms. The first-order valence-corrected chi connectivity index (χ1v) is 5.04. The molecule has 1 aliphatic rings. The van der Waals surface area contributed by atoms with Crippen molar-refractivity contribution in [2.45, 2.75) is 4.83 Å². The van der Waals surface area contributed by atoms with E-state index in [0.717, 1.165) is 5.56 Å². The average molecular weight is 251 g/mol. The Morgan fingerprint density at radius 1 is 1.21 bits per heavy atom. The quantitative estimate of drug-likeness (QED) is 0.702. The van der Waals surface area contributed by atoms with Crippen molar-refractivity contribution in [2.24, 2.45) is 9.98 Å². The summed E-state index contributed by atoms with van der Waals surface area (Å²) in [7, 11) is 0. The number of rotatable bonds is 1. The average Bonchev–Trinajstić information content (AvgIpc) is 2.23. The second-order valence-corrected chi connectivity index (χ2v) is 3.74. The Labute approximate surface area is 89.7 Å². The van der Waals surface area contributed by atoms with Crippen LogP contribution in [-0.4, -0.2) is 22.8 Å². The summed E-state index contributed by atoms with van der Waals surface area (Å²) in [5.41, 5.74) is 1.65. The van der Waals surface area contributed by atoms with Gasteiger partial charge in [0.1, 0.15) is 11.2 Å². The molecule has 1 atom stereocenters. The number of hydrogen-bond acceptors (Lipinski definition) is 2. The highest BCUT2D eigenvalue weighted by Crippen LogP contribution is 2.15. The van der Waals surface area contributed by atoms with Gasteiger partial charge in [-0.2, -0.15) is 0 Å². The van der Waals surface area contributed by atoms with Crippen LogP contribution in [0.4, 0.5) is 0 Å². The molecule has 0 aromatic heterocycles. The van der Waals surface area contributed by atoms with Crippen LogP contribution in [0.25, 0.3) is 0 Å². The molecule has 3 nitrogen and oxygen atoms in total. The predicted molar refractivity (Wildman–Crippen MR) is 59.2 cm³/mol. The minimum atomic E-state index is -0.421. The highest BCUT2D eigenvalue weighted by atomic mass is 79.9. The lowest BCUT2D eigenvalue weighted by Crippen LogP contribution is -2.26. The van der Waals surface area contributed by atoms with Gasteiger partial charge in [0.15, 0.2) is 0 Å². The standard InChI is InChI=1S/C10H7BrN2O/c11-8-9(12-6-13-10(8)14)7-4-2-1-3-5-7/h1-6,8H. The molecule has 0 fully saturated rings. The van der Waals surface area contributed by atoms with Crippen LogP contribution in [0.2, 0.25) is 0 Å². The van der Waals surface area contributed by atoms with Crippen molar-refractivity contribution in [3.63, 3.8) is 0 Å². The summed E-state index contributed by atoms with van der Waals surface area (Å²) >= 11 is 3.26. The number of alkyl halides is 1. The molecule has 0 saturated heterocycles. The Morgan fingerprint density at radius 2 is 1.93 bits per heavy atom. The molecule has 0 bridgehead atoms. The molecule has 70 valence electrons. The maximum Gasteiger partial charge on any atom is 0.267 e. The third kappa shape index (κ3) is 1.65. The smallest absolute Gasteiger partial charge is 0.267 e. The van der Waals surface area contributed by atoms with E-state index in [9.17, 15) is 4.79 Å². The SMILES string of the molecule is O=C1N=CN=C(c2ccccc2)C1Br. The fraction of sp³-hybridized carbons (Fsp3) is 0.100. The molecule has 1 aromatic carbocycles. The van der Waals surface area contributed by atoms with Gasteiger partial charge in [0.2, 0.25) is 0 Å². The zero-order chi connectivity index (χ0) is 9.97. The summed E-state index contributed by atoms with van der Waals surface area (Å²) in [5.74, 6) is -0.209. The molecule has 0 N–H and O–H groups in total. The lowest BCUT2D eigenvalue weighted by Gasteiger charge is -2.11. The number of carbonyl (C=O) groups is 1. The number of hydrogen-bond donors (Lipinski definition) is 0. The van der Waals surface area contributed by atoms with Crippen LogP contribution in [0.5, 0.6) is 0 Å². The first-order chi connectivity index (χ1) is 6.79. The number of nitrogens with zero attached hydrogens (tertiary/aromatic N) is 2. The van der Waals surface area contributed by atoms with Crippen LogP contribution < -0.4 is 0 Å². The Balaban J connectivity index is 2.40. The number of amides is 1. The second-order valence-electron chi connectivity index (χ2n) is 2.83. The van der Waals surface area contributed by atoms with Crippen LogP contribution >= 0.6 is 15.9 Å². The third-order valence-electron chi connectivity index (χ3n) is 1.91. The normalized spacial score (nSPS) is 20.8. The number of benzene rings is 1. The number of carbonyl (C=O) groups excluding carboxylic acids is 1. The number of halogens is 1. The lowest BCUT2D eigenvalue weighted by molar-refractivity contribution is -0.116. The van der Waals surface area contributed by atoms with Gasteiger partial charge in [-0.25, -0.2) is 9.98 Å². The van der Waals surface area contributed by atoms with Crippen molar-refractivity contribution in [3.8, 4) is 0 Å². The molecule has 0 spiro atoms. The van der Waals surface area contributed by atoms with E-state index >= 15 is 0 Å². The van der Waals surface area contributed by atoms with Crippen molar-refractivity contribution >= 4 is 33.9 Å². The first-order valence-electron chi connectivity index (χ1n) is 4.12. The Kier molecular flexibility index (Phi) is 2.54.